The first-order valence-electron chi connectivity index (χ1n) is 11.2. The van der Waals surface area contributed by atoms with Crippen molar-refractivity contribution in [1.82, 2.24) is 15.0 Å². The lowest BCUT2D eigenvalue weighted by molar-refractivity contribution is 0.416. The van der Waals surface area contributed by atoms with Crippen LogP contribution in [-0.2, 0) is 10.0 Å². The van der Waals surface area contributed by atoms with Gasteiger partial charge in [-0.3, -0.25) is 4.79 Å². The zero-order valence-electron chi connectivity index (χ0n) is 19.8. The quantitative estimate of drug-likeness (QED) is 0.310. The number of sulfonamides is 1. The number of hydrogen-bond donors (Lipinski definition) is 1. The van der Waals surface area contributed by atoms with E-state index in [-0.39, 0.29) is 22.1 Å². The number of pyridine rings is 1. The zero-order chi connectivity index (χ0) is 26.2. The molecular formula is C27H21ClN4O4S. The molecular weight excluding hydrogens is 512 g/mol. The normalized spacial score (nSPS) is 11.4. The number of halogens is 1. The first-order chi connectivity index (χ1) is 17.8. The molecule has 5 rings (SSSR count). The number of aryl methyl sites for hydroxylation is 1. The van der Waals surface area contributed by atoms with Gasteiger partial charge in [0.15, 0.2) is 0 Å². The molecule has 37 heavy (non-hydrogen) atoms. The summed E-state index contributed by atoms with van der Waals surface area (Å²) in [6.07, 6.45) is 2.93. The minimum absolute atomic E-state index is 0.000965. The Balaban J connectivity index is 1.68. The molecule has 0 saturated carbocycles. The average Bonchev–Trinajstić information content (AvgIpc) is 2.90. The molecule has 186 valence electrons. The smallest absolute Gasteiger partial charge is 0.271 e. The van der Waals surface area contributed by atoms with Gasteiger partial charge >= 0.3 is 0 Å². The van der Waals surface area contributed by atoms with Crippen molar-refractivity contribution < 1.29 is 13.2 Å². The molecule has 0 amide bonds. The molecule has 0 bridgehead atoms. The van der Waals surface area contributed by atoms with Crippen molar-refractivity contribution in [2.24, 2.45) is 0 Å². The Morgan fingerprint density at radius 3 is 2.38 bits per heavy atom. The standard InChI is InChI=1S/C27H21ClN4O4S/c1-17-14-18(4-8-22(17)28)19-5-10-24(25(16-19)36-2)32(27-29-12-3-13-30-27)37(34,35)21-7-9-23-20(15-21)6-11-26(33)31-23/h3-16H,1-2H3,(H,31,33). The number of hydrogen-bond acceptors (Lipinski definition) is 6. The Kier molecular flexibility index (Phi) is 6.41. The van der Waals surface area contributed by atoms with Crippen LogP contribution in [0.3, 0.4) is 0 Å². The van der Waals surface area contributed by atoms with Gasteiger partial charge in [-0.05, 0) is 83.6 Å². The lowest BCUT2D eigenvalue weighted by Crippen LogP contribution is -2.28. The summed E-state index contributed by atoms with van der Waals surface area (Å²) in [5.41, 5.74) is 3.13. The molecule has 0 unspecified atom stereocenters. The number of aromatic amines is 1. The summed E-state index contributed by atoms with van der Waals surface area (Å²) in [7, 11) is -2.74. The number of methoxy groups -OCH3 is 1. The van der Waals surface area contributed by atoms with Crippen molar-refractivity contribution in [3.05, 3.63) is 106 Å². The van der Waals surface area contributed by atoms with Crippen LogP contribution in [0.4, 0.5) is 11.6 Å². The Morgan fingerprint density at radius 2 is 1.65 bits per heavy atom. The van der Waals surface area contributed by atoms with E-state index < -0.39 is 10.0 Å². The third-order valence-corrected chi connectivity index (χ3v) is 7.97. The monoisotopic (exact) mass is 532 g/mol. The molecule has 0 radical (unpaired) electrons. The fraction of sp³-hybridized carbons (Fsp3) is 0.0741. The summed E-state index contributed by atoms with van der Waals surface area (Å²) in [6, 6.07) is 19.9. The Hall–Kier alpha value is -4.21. The number of benzene rings is 3. The molecule has 2 aromatic heterocycles. The van der Waals surface area contributed by atoms with E-state index in [0.29, 0.717) is 21.7 Å². The van der Waals surface area contributed by atoms with Crippen LogP contribution >= 0.6 is 11.6 Å². The van der Waals surface area contributed by atoms with Gasteiger partial charge in [-0.15, -0.1) is 0 Å². The molecule has 0 aliphatic rings. The first kappa shape index (κ1) is 24.5. The topological polar surface area (TPSA) is 105 Å². The summed E-state index contributed by atoms with van der Waals surface area (Å²) >= 11 is 6.18. The predicted molar refractivity (Wildman–Crippen MR) is 144 cm³/mol. The highest BCUT2D eigenvalue weighted by Crippen LogP contribution is 2.40. The number of nitrogens with zero attached hydrogens (tertiary/aromatic N) is 3. The van der Waals surface area contributed by atoms with Gasteiger partial charge in [0.25, 0.3) is 10.0 Å². The summed E-state index contributed by atoms with van der Waals surface area (Å²) in [5.74, 6) is 0.267. The Bertz CT molecular complexity index is 1790. The molecule has 10 heteroatoms. The van der Waals surface area contributed by atoms with Gasteiger partial charge in [0, 0.05) is 29.0 Å². The van der Waals surface area contributed by atoms with E-state index in [1.165, 1.54) is 37.7 Å². The molecule has 2 heterocycles. The van der Waals surface area contributed by atoms with Gasteiger partial charge in [0.05, 0.1) is 12.0 Å². The number of aromatic nitrogens is 3. The van der Waals surface area contributed by atoms with E-state index >= 15 is 0 Å². The van der Waals surface area contributed by atoms with E-state index in [2.05, 4.69) is 15.0 Å². The number of nitrogens with one attached hydrogen (secondary N) is 1. The van der Waals surface area contributed by atoms with Crippen molar-refractivity contribution in [3.63, 3.8) is 0 Å². The third-order valence-electron chi connectivity index (χ3n) is 5.86. The van der Waals surface area contributed by atoms with Crippen LogP contribution < -0.4 is 14.6 Å². The third kappa shape index (κ3) is 4.66. The minimum atomic E-state index is -4.21. The van der Waals surface area contributed by atoms with Gasteiger partial charge in [-0.1, -0.05) is 23.7 Å². The van der Waals surface area contributed by atoms with Crippen LogP contribution in [-0.4, -0.2) is 30.5 Å². The fourth-order valence-electron chi connectivity index (χ4n) is 3.99. The number of fused-ring (bicyclic) bond motifs is 1. The maximum atomic E-state index is 14.1. The number of rotatable bonds is 6. The van der Waals surface area contributed by atoms with E-state index in [1.54, 1.807) is 36.4 Å². The molecule has 0 aliphatic carbocycles. The predicted octanol–water partition coefficient (Wildman–Crippen LogP) is 5.48. The minimum Gasteiger partial charge on any atom is -0.495 e. The van der Waals surface area contributed by atoms with Crippen molar-refractivity contribution in [2.75, 3.05) is 11.4 Å². The van der Waals surface area contributed by atoms with Crippen LogP contribution in [0, 0.1) is 6.92 Å². The summed E-state index contributed by atoms with van der Waals surface area (Å²) in [6.45, 7) is 1.91. The van der Waals surface area contributed by atoms with Crippen LogP contribution in [0.25, 0.3) is 22.0 Å². The summed E-state index contributed by atoms with van der Waals surface area (Å²) < 4.78 is 34.8. The average molecular weight is 533 g/mol. The maximum absolute atomic E-state index is 14.1. The second-order valence-corrected chi connectivity index (χ2v) is 10.4. The lowest BCUT2D eigenvalue weighted by Gasteiger charge is -2.24. The van der Waals surface area contributed by atoms with Gasteiger partial charge in [-0.2, -0.15) is 4.31 Å². The van der Waals surface area contributed by atoms with E-state index in [4.69, 9.17) is 16.3 Å². The van der Waals surface area contributed by atoms with Crippen molar-refractivity contribution in [2.45, 2.75) is 11.8 Å². The summed E-state index contributed by atoms with van der Waals surface area (Å²) in [4.78, 5) is 22.8. The van der Waals surface area contributed by atoms with Gasteiger partial charge < -0.3 is 9.72 Å². The van der Waals surface area contributed by atoms with Crippen LogP contribution in [0.15, 0.2) is 94.9 Å². The second-order valence-electron chi connectivity index (χ2n) is 8.24. The largest absolute Gasteiger partial charge is 0.495 e. The van der Waals surface area contributed by atoms with Gasteiger partial charge in [0.2, 0.25) is 11.5 Å². The molecule has 0 aliphatic heterocycles. The van der Waals surface area contributed by atoms with Crippen LogP contribution in [0.2, 0.25) is 5.02 Å². The van der Waals surface area contributed by atoms with E-state index in [0.717, 1.165) is 21.0 Å². The van der Waals surface area contributed by atoms with Gasteiger partial charge in [0.1, 0.15) is 11.4 Å². The van der Waals surface area contributed by atoms with Gasteiger partial charge in [-0.25, -0.2) is 18.4 Å². The summed E-state index contributed by atoms with van der Waals surface area (Å²) in [5, 5.41) is 1.22. The molecule has 1 N–H and O–H groups in total. The Labute approximate surface area is 218 Å². The molecule has 3 aromatic carbocycles. The lowest BCUT2D eigenvalue weighted by atomic mass is 10.0. The molecule has 0 atom stereocenters. The van der Waals surface area contributed by atoms with E-state index in [1.807, 2.05) is 25.1 Å². The zero-order valence-corrected chi connectivity index (χ0v) is 21.4. The van der Waals surface area contributed by atoms with E-state index in [9.17, 15) is 13.2 Å². The van der Waals surface area contributed by atoms with Crippen LogP contribution in [0.1, 0.15) is 5.56 Å². The maximum Gasteiger partial charge on any atom is 0.271 e. The highest BCUT2D eigenvalue weighted by Gasteiger charge is 2.31. The first-order valence-corrected chi connectivity index (χ1v) is 13.0. The highest BCUT2D eigenvalue weighted by molar-refractivity contribution is 7.93. The molecule has 8 nitrogen and oxygen atoms in total. The number of ether oxygens (including phenoxy) is 1. The molecule has 0 fully saturated rings. The van der Waals surface area contributed by atoms with Crippen LogP contribution in [0.5, 0.6) is 5.75 Å². The number of H-pyrrole nitrogens is 1. The van der Waals surface area contributed by atoms with Crippen molar-refractivity contribution >= 4 is 44.2 Å². The molecule has 0 saturated heterocycles. The molecule has 0 spiro atoms. The number of anilines is 2. The van der Waals surface area contributed by atoms with Crippen molar-refractivity contribution in [3.8, 4) is 16.9 Å². The second kappa shape index (κ2) is 9.68. The highest BCUT2D eigenvalue weighted by atomic mass is 35.5. The fourth-order valence-corrected chi connectivity index (χ4v) is 5.55. The van der Waals surface area contributed by atoms with Crippen molar-refractivity contribution in [1.29, 1.82) is 0 Å². The SMILES string of the molecule is COc1cc(-c2ccc(Cl)c(C)c2)ccc1N(c1ncccn1)S(=O)(=O)c1ccc2[nH]c(=O)ccc2c1. The molecule has 5 aromatic rings. The Morgan fingerprint density at radius 1 is 0.919 bits per heavy atom.